The molecule has 0 spiro atoms. The molecule has 1 rings (SSSR count). The third-order valence-electron chi connectivity index (χ3n) is 2.50. The first-order valence-electron chi connectivity index (χ1n) is 5.11. The van der Waals surface area contributed by atoms with Crippen molar-refractivity contribution in [3.05, 3.63) is 0 Å². The van der Waals surface area contributed by atoms with Crippen LogP contribution in [-0.4, -0.2) is 29.6 Å². The topological polar surface area (TPSA) is 55.8 Å². The van der Waals surface area contributed by atoms with Crippen LogP contribution in [-0.2, 0) is 14.3 Å². The van der Waals surface area contributed by atoms with Crippen molar-refractivity contribution in [3.63, 3.8) is 0 Å². The lowest BCUT2D eigenvalue weighted by atomic mass is 10.0. The summed E-state index contributed by atoms with van der Waals surface area (Å²) < 4.78 is 10.3. The van der Waals surface area contributed by atoms with Crippen LogP contribution in [0.5, 0.6) is 0 Å². The smallest absolute Gasteiger partial charge is 0.340 e. The molecule has 0 aromatic heterocycles. The molecule has 1 aliphatic heterocycles. The number of rotatable bonds is 3. The van der Waals surface area contributed by atoms with Gasteiger partial charge in [-0.2, -0.15) is 0 Å². The van der Waals surface area contributed by atoms with E-state index in [1.54, 1.807) is 6.92 Å². The van der Waals surface area contributed by atoms with E-state index in [-0.39, 0.29) is 0 Å². The molecule has 1 fully saturated rings. The molecular weight excluding hydrogens is 184 g/mol. The highest BCUT2D eigenvalue weighted by atomic mass is 16.7. The van der Waals surface area contributed by atoms with E-state index in [1.165, 1.54) is 6.92 Å². The van der Waals surface area contributed by atoms with Gasteiger partial charge in [-0.05, 0) is 26.2 Å². The Morgan fingerprint density at radius 3 is 2.86 bits per heavy atom. The summed E-state index contributed by atoms with van der Waals surface area (Å²) >= 11 is 0. The second-order valence-corrected chi connectivity index (χ2v) is 3.83. The average Bonchev–Trinajstić information content (AvgIpc) is 2.19. The second-order valence-electron chi connectivity index (χ2n) is 3.83. The summed E-state index contributed by atoms with van der Waals surface area (Å²) in [7, 11) is 0. The molecule has 0 saturated carbocycles. The van der Waals surface area contributed by atoms with Crippen molar-refractivity contribution in [1.82, 2.24) is 0 Å². The third-order valence-corrected chi connectivity index (χ3v) is 2.50. The standard InChI is InChI=1S/C10H18O4/c1-3-10(2,12)9(11)14-8-6-4-5-7-13-8/h8,12H,3-7H2,1-2H3. The molecule has 0 aromatic carbocycles. The lowest BCUT2D eigenvalue weighted by Gasteiger charge is -2.26. The summed E-state index contributed by atoms with van der Waals surface area (Å²) in [6.07, 6.45) is 2.63. The third kappa shape index (κ3) is 2.96. The van der Waals surface area contributed by atoms with E-state index < -0.39 is 17.9 Å². The zero-order chi connectivity index (χ0) is 10.6. The highest BCUT2D eigenvalue weighted by Gasteiger charge is 2.32. The molecule has 0 radical (unpaired) electrons. The van der Waals surface area contributed by atoms with Crippen molar-refractivity contribution in [2.75, 3.05) is 6.61 Å². The van der Waals surface area contributed by atoms with Crippen LogP contribution >= 0.6 is 0 Å². The number of hydrogen-bond acceptors (Lipinski definition) is 4. The molecule has 0 bridgehead atoms. The Balaban J connectivity index is 2.39. The normalized spacial score (nSPS) is 26.6. The van der Waals surface area contributed by atoms with E-state index in [0.29, 0.717) is 13.0 Å². The van der Waals surface area contributed by atoms with E-state index in [4.69, 9.17) is 9.47 Å². The molecule has 1 aliphatic rings. The van der Waals surface area contributed by atoms with Gasteiger partial charge in [-0.1, -0.05) is 6.92 Å². The Labute approximate surface area is 84.2 Å². The molecule has 0 amide bonds. The second kappa shape index (κ2) is 4.75. The van der Waals surface area contributed by atoms with E-state index >= 15 is 0 Å². The summed E-state index contributed by atoms with van der Waals surface area (Å²) in [4.78, 5) is 11.4. The first-order valence-corrected chi connectivity index (χ1v) is 5.11. The van der Waals surface area contributed by atoms with Gasteiger partial charge < -0.3 is 14.6 Å². The highest BCUT2D eigenvalue weighted by molar-refractivity contribution is 5.78. The van der Waals surface area contributed by atoms with Crippen molar-refractivity contribution in [2.24, 2.45) is 0 Å². The molecule has 4 nitrogen and oxygen atoms in total. The van der Waals surface area contributed by atoms with Gasteiger partial charge in [-0.15, -0.1) is 0 Å². The minimum Gasteiger partial charge on any atom is -0.434 e. The van der Waals surface area contributed by atoms with Gasteiger partial charge in [0.2, 0.25) is 6.29 Å². The Hall–Kier alpha value is -0.610. The zero-order valence-electron chi connectivity index (χ0n) is 8.78. The molecule has 0 aliphatic carbocycles. The maximum Gasteiger partial charge on any atom is 0.340 e. The first kappa shape index (κ1) is 11.5. The number of carbonyl (C=O) groups excluding carboxylic acids is 1. The van der Waals surface area contributed by atoms with Gasteiger partial charge in [0.15, 0.2) is 5.60 Å². The summed E-state index contributed by atoms with van der Waals surface area (Å²) in [5.41, 5.74) is -1.39. The summed E-state index contributed by atoms with van der Waals surface area (Å²) in [6.45, 7) is 3.83. The quantitative estimate of drug-likeness (QED) is 0.699. The number of esters is 1. The molecule has 82 valence electrons. The van der Waals surface area contributed by atoms with Crippen molar-refractivity contribution >= 4 is 5.97 Å². The summed E-state index contributed by atoms with van der Waals surface area (Å²) in [5, 5.41) is 9.59. The predicted octanol–water partition coefficient (Wildman–Crippen LogP) is 1.22. The van der Waals surface area contributed by atoms with Crippen molar-refractivity contribution in [1.29, 1.82) is 0 Å². The maximum atomic E-state index is 11.4. The molecule has 1 heterocycles. The van der Waals surface area contributed by atoms with Crippen molar-refractivity contribution in [2.45, 2.75) is 51.4 Å². The molecule has 1 N–H and O–H groups in total. The molecule has 4 heteroatoms. The van der Waals surface area contributed by atoms with E-state index in [1.807, 2.05) is 0 Å². The molecule has 1 saturated heterocycles. The SMILES string of the molecule is CCC(C)(O)C(=O)OC1CCCCO1. The Morgan fingerprint density at radius 2 is 2.36 bits per heavy atom. The van der Waals surface area contributed by atoms with Crippen molar-refractivity contribution < 1.29 is 19.4 Å². The van der Waals surface area contributed by atoms with Crippen LogP contribution < -0.4 is 0 Å². The highest BCUT2D eigenvalue weighted by Crippen LogP contribution is 2.18. The number of aliphatic hydroxyl groups is 1. The van der Waals surface area contributed by atoms with E-state index in [0.717, 1.165) is 19.3 Å². The van der Waals surface area contributed by atoms with Crippen LogP contribution in [0.4, 0.5) is 0 Å². The molecule has 0 aromatic rings. The average molecular weight is 202 g/mol. The van der Waals surface area contributed by atoms with Crippen LogP contribution in [0.2, 0.25) is 0 Å². The van der Waals surface area contributed by atoms with E-state index in [9.17, 15) is 9.90 Å². The van der Waals surface area contributed by atoms with Gasteiger partial charge in [0.25, 0.3) is 0 Å². The molecule has 2 unspecified atom stereocenters. The predicted molar refractivity (Wildman–Crippen MR) is 50.6 cm³/mol. The number of hydrogen-bond donors (Lipinski definition) is 1. The van der Waals surface area contributed by atoms with Crippen LogP contribution in [0.3, 0.4) is 0 Å². The van der Waals surface area contributed by atoms with Crippen LogP contribution in [0.1, 0.15) is 39.5 Å². The fourth-order valence-electron chi connectivity index (χ4n) is 1.19. The van der Waals surface area contributed by atoms with Gasteiger partial charge in [0.05, 0.1) is 6.61 Å². The molecule has 2 atom stereocenters. The Morgan fingerprint density at radius 1 is 1.64 bits per heavy atom. The van der Waals surface area contributed by atoms with Crippen LogP contribution in [0.25, 0.3) is 0 Å². The molecule has 14 heavy (non-hydrogen) atoms. The van der Waals surface area contributed by atoms with Crippen LogP contribution in [0, 0.1) is 0 Å². The van der Waals surface area contributed by atoms with Crippen molar-refractivity contribution in [3.8, 4) is 0 Å². The van der Waals surface area contributed by atoms with Gasteiger partial charge in [-0.3, -0.25) is 0 Å². The maximum absolute atomic E-state index is 11.4. The summed E-state index contributed by atoms with van der Waals surface area (Å²) in [5.74, 6) is -0.591. The molecular formula is C10H18O4. The monoisotopic (exact) mass is 202 g/mol. The fourth-order valence-corrected chi connectivity index (χ4v) is 1.19. The minimum absolute atomic E-state index is 0.346. The lowest BCUT2D eigenvalue weighted by Crippen LogP contribution is -2.39. The number of ether oxygens (including phenoxy) is 2. The van der Waals surface area contributed by atoms with Gasteiger partial charge in [-0.25, -0.2) is 4.79 Å². The minimum atomic E-state index is -1.39. The Kier molecular flexibility index (Phi) is 3.89. The van der Waals surface area contributed by atoms with E-state index in [2.05, 4.69) is 0 Å². The fraction of sp³-hybridized carbons (Fsp3) is 0.900. The van der Waals surface area contributed by atoms with Gasteiger partial charge in [0, 0.05) is 6.42 Å². The largest absolute Gasteiger partial charge is 0.434 e. The zero-order valence-corrected chi connectivity index (χ0v) is 8.78. The lowest BCUT2D eigenvalue weighted by molar-refractivity contribution is -0.203. The van der Waals surface area contributed by atoms with Gasteiger partial charge >= 0.3 is 5.97 Å². The van der Waals surface area contributed by atoms with Gasteiger partial charge in [0.1, 0.15) is 0 Å². The summed E-state index contributed by atoms with van der Waals surface area (Å²) in [6, 6.07) is 0. The number of carbonyl (C=O) groups is 1. The first-order chi connectivity index (χ1) is 6.56. The Bertz CT molecular complexity index is 194. The van der Waals surface area contributed by atoms with Crippen LogP contribution in [0.15, 0.2) is 0 Å².